The van der Waals surface area contributed by atoms with Crippen LogP contribution in [-0.4, -0.2) is 37.5 Å². The number of anilines is 3. The van der Waals surface area contributed by atoms with Crippen LogP contribution in [0.25, 0.3) is 0 Å². The number of hydrogen-bond acceptors (Lipinski definition) is 11. The summed E-state index contributed by atoms with van der Waals surface area (Å²) in [5.41, 5.74) is 7.09. The average Bonchev–Trinajstić information content (AvgIpc) is 2.98. The van der Waals surface area contributed by atoms with Crippen LogP contribution in [0.3, 0.4) is 0 Å². The van der Waals surface area contributed by atoms with Gasteiger partial charge >= 0.3 is 59.1 Å². The minimum absolute atomic E-state index is 0. The van der Waals surface area contributed by atoms with Gasteiger partial charge in [-0.2, -0.15) is 0 Å². The number of carbonyl (C=O) groups excluding carboxylic acids is 2. The molecule has 0 atom stereocenters. The Morgan fingerprint density at radius 1 is 0.796 bits per heavy atom. The van der Waals surface area contributed by atoms with Crippen LogP contribution in [0.4, 0.5) is 17.1 Å². The number of ketones is 2. The zero-order valence-corrected chi connectivity index (χ0v) is 34.1. The second-order valence-corrected chi connectivity index (χ2v) is 14.8. The maximum atomic E-state index is 13.9. The normalized spacial score (nSPS) is 12.7. The van der Waals surface area contributed by atoms with Crippen molar-refractivity contribution in [2.24, 2.45) is 0 Å². The number of rotatable bonds is 8. The summed E-state index contributed by atoms with van der Waals surface area (Å²) >= 11 is 0. The van der Waals surface area contributed by atoms with Gasteiger partial charge in [0.05, 0.1) is 32.3 Å². The number of hydrogen-bond donors (Lipinski definition) is 2. The molecule has 15 heteroatoms. The molecule has 4 aromatic carbocycles. The van der Waals surface area contributed by atoms with Crippen LogP contribution in [0.15, 0.2) is 64.4 Å². The van der Waals surface area contributed by atoms with Gasteiger partial charge in [0.2, 0.25) is 0 Å². The summed E-state index contributed by atoms with van der Waals surface area (Å²) in [6, 6.07) is 13.1. The second kappa shape index (κ2) is 14.6. The van der Waals surface area contributed by atoms with Gasteiger partial charge < -0.3 is 24.9 Å². The van der Waals surface area contributed by atoms with E-state index in [-0.39, 0.29) is 121 Å². The Morgan fingerprint density at radius 3 is 1.90 bits per heavy atom. The fourth-order valence-corrected chi connectivity index (χ4v) is 7.44. The third-order valence-electron chi connectivity index (χ3n) is 8.71. The van der Waals surface area contributed by atoms with E-state index < -0.39 is 47.0 Å². The van der Waals surface area contributed by atoms with E-state index in [1.54, 1.807) is 25.1 Å². The van der Waals surface area contributed by atoms with Gasteiger partial charge in [-0.1, -0.05) is 57.2 Å². The smallest absolute Gasteiger partial charge is 0.744 e. The molecule has 0 fully saturated rings. The molecule has 0 aliphatic heterocycles. The van der Waals surface area contributed by atoms with Gasteiger partial charge in [0, 0.05) is 22.9 Å². The number of carbonyl (C=O) groups is 2. The average molecular weight is 723 g/mol. The largest absolute Gasteiger partial charge is 1.00 e. The molecular formula is C34H32N2Na2O9S2. The molecule has 5 rings (SSSR count). The Bertz CT molecular complexity index is 2250. The van der Waals surface area contributed by atoms with Gasteiger partial charge in [0.1, 0.15) is 26.0 Å². The van der Waals surface area contributed by atoms with Crippen molar-refractivity contribution < 1.29 is 99.4 Å². The first-order valence-corrected chi connectivity index (χ1v) is 17.4. The molecule has 0 bridgehead atoms. The van der Waals surface area contributed by atoms with Gasteiger partial charge in [0.25, 0.3) is 0 Å². The van der Waals surface area contributed by atoms with Crippen LogP contribution in [-0.2, 0) is 25.7 Å². The molecule has 246 valence electrons. The summed E-state index contributed by atoms with van der Waals surface area (Å²) in [4.78, 5) is 26.7. The van der Waals surface area contributed by atoms with Gasteiger partial charge in [-0.15, -0.1) is 0 Å². The first-order chi connectivity index (χ1) is 21.8. The monoisotopic (exact) mass is 722 g/mol. The number of aryl methyl sites for hydroxylation is 2. The standard InChI is InChI=1S/C34H34N2O9S2.2Na/c1-7-34(5,6)20-12-13-24(26(15-20)46(39,40)41)45-25-16-23(36-30-17(2)14-18(3)33(19(30)4)47(42,43)44)27-28(29(25)35)32(38)22-11-9-8-10-21(22)31(27)37;;/h8-16,36H,7,35H2,1-6H3,(H,39,40,41)(H,42,43,44);;/q;2*+1/p-2. The first-order valence-electron chi connectivity index (χ1n) is 14.5. The Labute approximate surface area is 330 Å². The zero-order chi connectivity index (χ0) is 34.8. The topological polar surface area (TPSA) is 196 Å². The van der Waals surface area contributed by atoms with Crippen molar-refractivity contribution in [3.05, 3.63) is 99.1 Å². The number of nitrogen functional groups attached to an aromatic ring is 1. The summed E-state index contributed by atoms with van der Waals surface area (Å²) in [7, 11) is -9.97. The quantitative estimate of drug-likeness (QED) is 0.124. The summed E-state index contributed by atoms with van der Waals surface area (Å²) in [6.07, 6.45) is 0.642. The number of nitrogens with two attached hydrogens (primary N) is 1. The third kappa shape index (κ3) is 7.57. The molecule has 0 radical (unpaired) electrons. The third-order valence-corrected chi connectivity index (χ3v) is 10.7. The second-order valence-electron chi connectivity index (χ2n) is 12.2. The van der Waals surface area contributed by atoms with E-state index >= 15 is 0 Å². The molecule has 0 amide bonds. The molecule has 0 heterocycles. The zero-order valence-electron chi connectivity index (χ0n) is 28.5. The predicted molar refractivity (Wildman–Crippen MR) is 174 cm³/mol. The van der Waals surface area contributed by atoms with Crippen molar-refractivity contribution in [2.45, 2.75) is 63.2 Å². The van der Waals surface area contributed by atoms with E-state index in [1.807, 2.05) is 20.8 Å². The minimum atomic E-state index is -5.07. The van der Waals surface area contributed by atoms with Crippen LogP contribution >= 0.6 is 0 Å². The van der Waals surface area contributed by atoms with E-state index in [2.05, 4.69) is 5.32 Å². The van der Waals surface area contributed by atoms with Crippen LogP contribution in [0.2, 0.25) is 0 Å². The number of fused-ring (bicyclic) bond motifs is 2. The molecule has 3 N–H and O–H groups in total. The Balaban J connectivity index is 0.00000325. The van der Waals surface area contributed by atoms with E-state index in [0.717, 1.165) is 0 Å². The molecule has 0 aromatic heterocycles. The number of benzene rings is 4. The van der Waals surface area contributed by atoms with Crippen LogP contribution in [0, 0.1) is 20.8 Å². The maximum absolute atomic E-state index is 13.9. The van der Waals surface area contributed by atoms with Gasteiger partial charge in [0.15, 0.2) is 17.3 Å². The molecule has 4 aromatic rings. The van der Waals surface area contributed by atoms with E-state index in [9.17, 15) is 35.5 Å². The predicted octanol–water partition coefficient (Wildman–Crippen LogP) is 0.00916. The van der Waals surface area contributed by atoms with Crippen molar-refractivity contribution >= 4 is 48.9 Å². The van der Waals surface area contributed by atoms with Crippen LogP contribution < -0.4 is 74.9 Å². The van der Waals surface area contributed by atoms with Gasteiger partial charge in [-0.05, 0) is 67.0 Å². The Morgan fingerprint density at radius 2 is 1.37 bits per heavy atom. The van der Waals surface area contributed by atoms with E-state index in [0.29, 0.717) is 17.5 Å². The van der Waals surface area contributed by atoms with Crippen molar-refractivity contribution in [1.82, 2.24) is 0 Å². The van der Waals surface area contributed by atoms with Crippen molar-refractivity contribution in [2.75, 3.05) is 11.1 Å². The molecule has 11 nitrogen and oxygen atoms in total. The maximum Gasteiger partial charge on any atom is 1.00 e. The molecule has 0 saturated carbocycles. The molecule has 1 aliphatic carbocycles. The van der Waals surface area contributed by atoms with E-state index in [1.165, 1.54) is 50.2 Å². The fraction of sp³-hybridized carbons (Fsp3) is 0.235. The van der Waals surface area contributed by atoms with Gasteiger partial charge in [-0.25, -0.2) is 16.8 Å². The van der Waals surface area contributed by atoms with Crippen LogP contribution in [0.5, 0.6) is 11.5 Å². The fourth-order valence-electron chi connectivity index (χ4n) is 5.89. The Kier molecular flexibility index (Phi) is 12.2. The number of ether oxygens (including phenoxy) is 1. The van der Waals surface area contributed by atoms with Crippen molar-refractivity contribution in [3.8, 4) is 11.5 Å². The number of nitrogens with one attached hydrogen (secondary N) is 1. The van der Waals surface area contributed by atoms with Crippen LogP contribution in [0.1, 0.15) is 81.3 Å². The van der Waals surface area contributed by atoms with E-state index in [4.69, 9.17) is 10.5 Å². The first kappa shape index (κ1) is 40.9. The summed E-state index contributed by atoms with van der Waals surface area (Å²) < 4.78 is 79.8. The van der Waals surface area contributed by atoms with Crippen molar-refractivity contribution in [3.63, 3.8) is 0 Å². The summed E-state index contributed by atoms with van der Waals surface area (Å²) in [6.45, 7) is 10.3. The summed E-state index contributed by atoms with van der Waals surface area (Å²) in [5, 5.41) is 3.03. The molecule has 0 spiro atoms. The van der Waals surface area contributed by atoms with Crippen molar-refractivity contribution in [1.29, 1.82) is 0 Å². The minimum Gasteiger partial charge on any atom is -0.744 e. The van der Waals surface area contributed by atoms with Gasteiger partial charge in [-0.3, -0.25) is 9.59 Å². The molecule has 1 aliphatic rings. The Hall–Kier alpha value is -2.56. The molecular weight excluding hydrogens is 690 g/mol. The molecule has 0 saturated heterocycles. The molecule has 49 heavy (non-hydrogen) atoms. The summed E-state index contributed by atoms with van der Waals surface area (Å²) in [5.74, 6) is -1.79. The molecule has 0 unspecified atom stereocenters. The SMILES string of the molecule is CCC(C)(C)c1ccc(Oc2cc(Nc3c(C)cc(C)c(S(=O)(=O)[O-])c3C)c3c(c2N)C(=O)c2ccccc2C3=O)c(S(=O)(=O)[O-])c1.[Na+].[Na+].